The Kier molecular flexibility index (Phi) is 5.27. The second kappa shape index (κ2) is 6.24. The summed E-state index contributed by atoms with van der Waals surface area (Å²) in [7, 11) is 0. The van der Waals surface area contributed by atoms with E-state index >= 15 is 0 Å². The van der Waals surface area contributed by atoms with Gasteiger partial charge in [-0.05, 0) is 12.2 Å². The van der Waals surface area contributed by atoms with Gasteiger partial charge in [-0.3, -0.25) is 14.9 Å². The molecule has 1 rings (SSSR count). The van der Waals surface area contributed by atoms with E-state index < -0.39 is 18.0 Å². The zero-order chi connectivity index (χ0) is 11.3. The van der Waals surface area contributed by atoms with E-state index in [1.807, 2.05) is 0 Å². The molecule has 0 spiro atoms. The number of hydrogen-bond donors (Lipinski definition) is 3. The van der Waals surface area contributed by atoms with Crippen molar-refractivity contribution in [3.05, 3.63) is 0 Å². The van der Waals surface area contributed by atoms with E-state index in [-0.39, 0.29) is 11.1 Å². The van der Waals surface area contributed by atoms with E-state index in [0.29, 0.717) is 5.75 Å². The first-order valence-corrected chi connectivity index (χ1v) is 6.70. The summed E-state index contributed by atoms with van der Waals surface area (Å²) in [4.78, 5) is 20.8. The van der Waals surface area contributed by atoms with Crippen LogP contribution >= 0.6 is 23.5 Å². The molecule has 0 aromatic rings. The third-order valence-electron chi connectivity index (χ3n) is 1.90. The van der Waals surface area contributed by atoms with Crippen LogP contribution in [0.3, 0.4) is 0 Å². The number of carbonyl (C=O) groups is 2. The van der Waals surface area contributed by atoms with Gasteiger partial charge in [-0.1, -0.05) is 0 Å². The molecule has 2 atom stereocenters. The monoisotopic (exact) mass is 251 g/mol. The molecule has 0 bridgehead atoms. The van der Waals surface area contributed by atoms with Crippen molar-refractivity contribution in [1.29, 1.82) is 0 Å². The third kappa shape index (κ3) is 4.76. The molecule has 86 valence electrons. The number of thioether (sulfide) groups is 2. The highest BCUT2D eigenvalue weighted by molar-refractivity contribution is 8.00. The van der Waals surface area contributed by atoms with Crippen LogP contribution in [0.4, 0.5) is 0 Å². The van der Waals surface area contributed by atoms with Gasteiger partial charge >= 0.3 is 11.9 Å². The maximum absolute atomic E-state index is 10.6. The number of hydrogen-bond acceptors (Lipinski definition) is 5. The van der Waals surface area contributed by atoms with Gasteiger partial charge in [0.2, 0.25) is 0 Å². The number of carboxylic acids is 2. The molecule has 1 aliphatic rings. The summed E-state index contributed by atoms with van der Waals surface area (Å²) >= 11 is 2.94. The van der Waals surface area contributed by atoms with Gasteiger partial charge in [-0.15, -0.1) is 11.8 Å². The normalized spacial score (nSPS) is 25.3. The highest BCUT2D eigenvalue weighted by Gasteiger charge is 2.28. The first kappa shape index (κ1) is 12.7. The van der Waals surface area contributed by atoms with Gasteiger partial charge in [0.25, 0.3) is 0 Å². The van der Waals surface area contributed by atoms with Gasteiger partial charge in [-0.25, -0.2) is 0 Å². The molecule has 0 aliphatic carbocycles. The predicted molar refractivity (Wildman–Crippen MR) is 60.4 cm³/mol. The summed E-state index contributed by atoms with van der Waals surface area (Å²) in [5, 5.41) is 20.2. The van der Waals surface area contributed by atoms with Crippen LogP contribution in [0.25, 0.3) is 0 Å². The fraction of sp³-hybridized carbons (Fsp3) is 0.750. The molecule has 1 heterocycles. The molecule has 0 saturated carbocycles. The van der Waals surface area contributed by atoms with Crippen LogP contribution in [0.1, 0.15) is 6.42 Å². The lowest BCUT2D eigenvalue weighted by Gasteiger charge is -2.09. The van der Waals surface area contributed by atoms with Crippen molar-refractivity contribution in [2.24, 2.45) is 0 Å². The molecule has 15 heavy (non-hydrogen) atoms. The molecule has 7 heteroatoms. The Morgan fingerprint density at radius 2 is 2.20 bits per heavy atom. The largest absolute Gasteiger partial charge is 0.481 e. The first-order chi connectivity index (χ1) is 7.09. The van der Waals surface area contributed by atoms with Gasteiger partial charge < -0.3 is 10.2 Å². The van der Waals surface area contributed by atoms with Crippen LogP contribution in [-0.4, -0.2) is 50.8 Å². The fourth-order valence-corrected chi connectivity index (χ4v) is 3.27. The Labute approximate surface area is 96.0 Å². The summed E-state index contributed by atoms with van der Waals surface area (Å²) in [5.74, 6) is -0.189. The second-order valence-corrected chi connectivity index (χ2v) is 5.46. The Morgan fingerprint density at radius 1 is 1.47 bits per heavy atom. The lowest BCUT2D eigenvalue weighted by molar-refractivity contribution is -0.138. The lowest BCUT2D eigenvalue weighted by Crippen LogP contribution is -2.36. The predicted octanol–water partition coefficient (Wildman–Crippen LogP) is 0.310. The van der Waals surface area contributed by atoms with Crippen molar-refractivity contribution < 1.29 is 19.8 Å². The van der Waals surface area contributed by atoms with Crippen LogP contribution in [-0.2, 0) is 9.59 Å². The van der Waals surface area contributed by atoms with E-state index in [4.69, 9.17) is 10.2 Å². The minimum atomic E-state index is -0.816. The Bertz CT molecular complexity index is 249. The maximum Gasteiger partial charge on any atom is 0.321 e. The summed E-state index contributed by atoms with van der Waals surface area (Å²) in [6.45, 7) is 0. The molecule has 0 radical (unpaired) electrons. The van der Waals surface area contributed by atoms with Crippen LogP contribution < -0.4 is 5.32 Å². The molecule has 2 unspecified atom stereocenters. The minimum Gasteiger partial charge on any atom is -0.481 e. The van der Waals surface area contributed by atoms with E-state index in [0.717, 1.165) is 12.2 Å². The SMILES string of the molecule is O=C(O)CSCCC1NC(C(=O)O)CS1. The molecule has 0 aromatic heterocycles. The minimum absolute atomic E-state index is 0.111. The van der Waals surface area contributed by atoms with Crippen molar-refractivity contribution in [3.63, 3.8) is 0 Å². The summed E-state index contributed by atoms with van der Waals surface area (Å²) in [6.07, 6.45) is 0.798. The quantitative estimate of drug-likeness (QED) is 0.586. The molecule has 0 amide bonds. The Hall–Kier alpha value is -0.400. The molecule has 3 N–H and O–H groups in total. The zero-order valence-corrected chi connectivity index (χ0v) is 9.64. The number of carboxylic acid groups (broad SMARTS) is 2. The number of rotatable bonds is 6. The van der Waals surface area contributed by atoms with Gasteiger partial charge in [0.1, 0.15) is 6.04 Å². The molecule has 0 aromatic carbocycles. The average Bonchev–Trinajstić information content (AvgIpc) is 2.60. The first-order valence-electron chi connectivity index (χ1n) is 4.49. The number of aliphatic carboxylic acids is 2. The van der Waals surface area contributed by atoms with Crippen molar-refractivity contribution in [2.75, 3.05) is 17.3 Å². The maximum atomic E-state index is 10.6. The van der Waals surface area contributed by atoms with Crippen molar-refractivity contribution in [3.8, 4) is 0 Å². The van der Waals surface area contributed by atoms with Crippen LogP contribution in [0.15, 0.2) is 0 Å². The molecular formula is C8H13NO4S2. The highest BCUT2D eigenvalue weighted by atomic mass is 32.2. The molecule has 5 nitrogen and oxygen atoms in total. The van der Waals surface area contributed by atoms with E-state index in [1.54, 1.807) is 11.8 Å². The second-order valence-electron chi connectivity index (χ2n) is 3.11. The fourth-order valence-electron chi connectivity index (χ4n) is 1.19. The van der Waals surface area contributed by atoms with Crippen LogP contribution in [0.5, 0.6) is 0 Å². The summed E-state index contributed by atoms with van der Waals surface area (Å²) < 4.78 is 0. The number of nitrogens with one attached hydrogen (secondary N) is 1. The molecule has 1 aliphatic heterocycles. The lowest BCUT2D eigenvalue weighted by atomic mass is 10.3. The van der Waals surface area contributed by atoms with E-state index in [1.165, 1.54) is 11.8 Å². The molecule has 1 fully saturated rings. The van der Waals surface area contributed by atoms with Gasteiger partial charge in [0.15, 0.2) is 0 Å². The Balaban J connectivity index is 2.09. The smallest absolute Gasteiger partial charge is 0.321 e. The van der Waals surface area contributed by atoms with Crippen molar-refractivity contribution >= 4 is 35.5 Å². The topological polar surface area (TPSA) is 86.6 Å². The van der Waals surface area contributed by atoms with E-state index in [2.05, 4.69) is 5.32 Å². The highest BCUT2D eigenvalue weighted by Crippen LogP contribution is 2.22. The zero-order valence-electron chi connectivity index (χ0n) is 8.01. The van der Waals surface area contributed by atoms with Crippen LogP contribution in [0, 0.1) is 0 Å². The van der Waals surface area contributed by atoms with Gasteiger partial charge in [0, 0.05) is 5.75 Å². The van der Waals surface area contributed by atoms with Crippen LogP contribution in [0.2, 0.25) is 0 Å². The van der Waals surface area contributed by atoms with E-state index in [9.17, 15) is 9.59 Å². The summed E-state index contributed by atoms with van der Waals surface area (Å²) in [6, 6.07) is -0.454. The Morgan fingerprint density at radius 3 is 2.73 bits per heavy atom. The standard InChI is InChI=1S/C8H13NO4S2/c10-7(11)4-14-2-1-6-9-5(3-15-6)8(12)13/h5-6,9H,1-4H2,(H,10,11)(H,12,13). The third-order valence-corrected chi connectivity index (χ3v) is 4.17. The summed E-state index contributed by atoms with van der Waals surface area (Å²) in [5.41, 5.74) is 0. The average molecular weight is 251 g/mol. The van der Waals surface area contributed by atoms with Crippen molar-refractivity contribution in [1.82, 2.24) is 5.32 Å². The van der Waals surface area contributed by atoms with Gasteiger partial charge in [0.05, 0.1) is 11.1 Å². The van der Waals surface area contributed by atoms with Gasteiger partial charge in [-0.2, -0.15) is 11.8 Å². The molecule has 1 saturated heterocycles. The molecular weight excluding hydrogens is 238 g/mol. The van der Waals surface area contributed by atoms with Crippen molar-refractivity contribution in [2.45, 2.75) is 17.8 Å².